The quantitative estimate of drug-likeness (QED) is 0.944. The average molecular weight is 305 g/mol. The zero-order chi connectivity index (χ0) is 14.8. The highest BCUT2D eigenvalue weighted by molar-refractivity contribution is 7.15. The number of hydrogen-bond donors (Lipinski definition) is 1. The third kappa shape index (κ3) is 2.82. The standard InChI is InChI=1S/C14H15N3O3S/c1-9-8-15-14(21-9)16-12(18)10-4-2-6-17(10)13(19)11-5-3-7-20-11/h3,5,7-8,10H,2,4,6H2,1H3,(H,15,16,18). The SMILES string of the molecule is Cc1cnc(NC(=O)C2CCCN2C(=O)c2ccco2)s1. The Morgan fingerprint density at radius 2 is 2.38 bits per heavy atom. The molecular weight excluding hydrogens is 290 g/mol. The summed E-state index contributed by atoms with van der Waals surface area (Å²) in [6.45, 7) is 2.49. The highest BCUT2D eigenvalue weighted by Gasteiger charge is 2.35. The van der Waals surface area contributed by atoms with Crippen molar-refractivity contribution in [1.82, 2.24) is 9.88 Å². The lowest BCUT2D eigenvalue weighted by Crippen LogP contribution is -2.43. The Labute approximate surface area is 125 Å². The fraction of sp³-hybridized carbons (Fsp3) is 0.357. The van der Waals surface area contributed by atoms with E-state index in [2.05, 4.69) is 10.3 Å². The van der Waals surface area contributed by atoms with Crippen molar-refractivity contribution < 1.29 is 14.0 Å². The lowest BCUT2D eigenvalue weighted by molar-refractivity contribution is -0.119. The number of aromatic nitrogens is 1. The van der Waals surface area contributed by atoms with Crippen molar-refractivity contribution in [2.45, 2.75) is 25.8 Å². The van der Waals surface area contributed by atoms with E-state index < -0.39 is 6.04 Å². The Morgan fingerprint density at radius 1 is 1.52 bits per heavy atom. The Kier molecular flexibility index (Phi) is 3.74. The van der Waals surface area contributed by atoms with Gasteiger partial charge in [0.25, 0.3) is 5.91 Å². The molecule has 1 aliphatic rings. The molecule has 3 heterocycles. The molecule has 0 saturated carbocycles. The van der Waals surface area contributed by atoms with Crippen LogP contribution in [0.2, 0.25) is 0 Å². The molecule has 6 nitrogen and oxygen atoms in total. The molecule has 1 N–H and O–H groups in total. The van der Waals surface area contributed by atoms with Crippen LogP contribution in [0.3, 0.4) is 0 Å². The van der Waals surface area contributed by atoms with E-state index in [1.807, 2.05) is 6.92 Å². The van der Waals surface area contributed by atoms with Gasteiger partial charge in [0.1, 0.15) is 6.04 Å². The molecule has 1 unspecified atom stereocenters. The molecule has 7 heteroatoms. The second-order valence-corrected chi connectivity index (χ2v) is 6.13. The molecular formula is C14H15N3O3S. The highest BCUT2D eigenvalue weighted by atomic mass is 32.1. The highest BCUT2D eigenvalue weighted by Crippen LogP contribution is 2.23. The second-order valence-electron chi connectivity index (χ2n) is 4.90. The molecule has 110 valence electrons. The number of furan rings is 1. The molecule has 3 rings (SSSR count). The van der Waals surface area contributed by atoms with Crippen LogP contribution in [0.25, 0.3) is 0 Å². The normalized spacial score (nSPS) is 18.0. The van der Waals surface area contributed by atoms with Gasteiger partial charge in [0, 0.05) is 17.6 Å². The number of nitrogens with one attached hydrogen (secondary N) is 1. The van der Waals surface area contributed by atoms with Crippen molar-refractivity contribution in [2.75, 3.05) is 11.9 Å². The number of carbonyl (C=O) groups excluding carboxylic acids is 2. The molecule has 1 atom stereocenters. The number of likely N-dealkylation sites (tertiary alicyclic amines) is 1. The number of nitrogens with zero attached hydrogens (tertiary/aromatic N) is 2. The number of carbonyl (C=O) groups is 2. The molecule has 2 aromatic rings. The topological polar surface area (TPSA) is 75.4 Å². The molecule has 0 aromatic carbocycles. The van der Waals surface area contributed by atoms with Crippen molar-refractivity contribution >= 4 is 28.3 Å². The first kappa shape index (κ1) is 13.8. The van der Waals surface area contributed by atoms with Crippen LogP contribution in [0.5, 0.6) is 0 Å². The van der Waals surface area contributed by atoms with Gasteiger partial charge in [-0.05, 0) is 31.9 Å². The van der Waals surface area contributed by atoms with Crippen LogP contribution in [-0.4, -0.2) is 34.3 Å². The maximum absolute atomic E-state index is 12.3. The van der Waals surface area contributed by atoms with Gasteiger partial charge in [-0.25, -0.2) is 4.98 Å². The Hall–Kier alpha value is -2.15. The van der Waals surface area contributed by atoms with Gasteiger partial charge in [-0.15, -0.1) is 11.3 Å². The summed E-state index contributed by atoms with van der Waals surface area (Å²) < 4.78 is 5.12. The summed E-state index contributed by atoms with van der Waals surface area (Å²) in [6, 6.07) is 2.81. The summed E-state index contributed by atoms with van der Waals surface area (Å²) in [5.41, 5.74) is 0. The van der Waals surface area contributed by atoms with E-state index >= 15 is 0 Å². The summed E-state index contributed by atoms with van der Waals surface area (Å²) >= 11 is 1.42. The molecule has 0 radical (unpaired) electrons. The number of hydrogen-bond acceptors (Lipinski definition) is 5. The van der Waals surface area contributed by atoms with E-state index in [-0.39, 0.29) is 17.6 Å². The van der Waals surface area contributed by atoms with Gasteiger partial charge in [-0.3, -0.25) is 9.59 Å². The lowest BCUT2D eigenvalue weighted by atomic mass is 10.2. The van der Waals surface area contributed by atoms with E-state index in [0.29, 0.717) is 18.1 Å². The first-order valence-corrected chi connectivity index (χ1v) is 7.54. The van der Waals surface area contributed by atoms with Crippen LogP contribution in [0.4, 0.5) is 5.13 Å². The fourth-order valence-corrected chi connectivity index (χ4v) is 3.09. The van der Waals surface area contributed by atoms with Gasteiger partial charge in [0.05, 0.1) is 6.26 Å². The van der Waals surface area contributed by atoms with E-state index in [1.54, 1.807) is 23.2 Å². The number of amides is 2. The second kappa shape index (κ2) is 5.69. The van der Waals surface area contributed by atoms with E-state index in [1.165, 1.54) is 17.6 Å². The van der Waals surface area contributed by atoms with E-state index in [4.69, 9.17) is 4.42 Å². The van der Waals surface area contributed by atoms with Crippen molar-refractivity contribution in [2.24, 2.45) is 0 Å². The van der Waals surface area contributed by atoms with Crippen LogP contribution >= 0.6 is 11.3 Å². The molecule has 0 bridgehead atoms. The predicted octanol–water partition coefficient (Wildman–Crippen LogP) is 2.29. The Bertz CT molecular complexity index is 650. The molecule has 0 spiro atoms. The molecule has 1 fully saturated rings. The summed E-state index contributed by atoms with van der Waals surface area (Å²) in [5.74, 6) is -0.172. The number of thiazole rings is 1. The third-order valence-corrected chi connectivity index (χ3v) is 4.23. The fourth-order valence-electron chi connectivity index (χ4n) is 2.43. The number of aryl methyl sites for hydroxylation is 1. The number of anilines is 1. The Morgan fingerprint density at radius 3 is 3.05 bits per heavy atom. The molecule has 2 aromatic heterocycles. The third-order valence-electron chi connectivity index (χ3n) is 3.40. The van der Waals surface area contributed by atoms with Gasteiger partial charge in [0.15, 0.2) is 10.9 Å². The van der Waals surface area contributed by atoms with Crippen LogP contribution < -0.4 is 5.32 Å². The van der Waals surface area contributed by atoms with Gasteiger partial charge >= 0.3 is 0 Å². The predicted molar refractivity (Wildman–Crippen MR) is 78.2 cm³/mol. The van der Waals surface area contributed by atoms with Gasteiger partial charge in [-0.1, -0.05) is 0 Å². The number of rotatable bonds is 3. The molecule has 2 amide bonds. The first-order chi connectivity index (χ1) is 10.1. The minimum atomic E-state index is -0.466. The van der Waals surface area contributed by atoms with Crippen molar-refractivity contribution in [1.29, 1.82) is 0 Å². The van der Waals surface area contributed by atoms with Crippen LogP contribution in [-0.2, 0) is 4.79 Å². The lowest BCUT2D eigenvalue weighted by Gasteiger charge is -2.22. The molecule has 21 heavy (non-hydrogen) atoms. The van der Waals surface area contributed by atoms with Gasteiger partial charge in [0.2, 0.25) is 5.91 Å². The smallest absolute Gasteiger partial charge is 0.290 e. The monoisotopic (exact) mass is 305 g/mol. The van der Waals surface area contributed by atoms with Crippen molar-refractivity contribution in [3.8, 4) is 0 Å². The minimum absolute atomic E-state index is 0.193. The van der Waals surface area contributed by atoms with Crippen LogP contribution in [0.1, 0.15) is 28.3 Å². The summed E-state index contributed by atoms with van der Waals surface area (Å²) in [7, 11) is 0. The average Bonchev–Trinajstić information content (AvgIpc) is 3.19. The zero-order valence-electron chi connectivity index (χ0n) is 11.5. The van der Waals surface area contributed by atoms with Gasteiger partial charge in [-0.2, -0.15) is 0 Å². The molecule has 1 aliphatic heterocycles. The van der Waals surface area contributed by atoms with Crippen molar-refractivity contribution in [3.05, 3.63) is 35.2 Å². The summed E-state index contributed by atoms with van der Waals surface area (Å²) in [5, 5.41) is 3.34. The molecule has 1 saturated heterocycles. The van der Waals surface area contributed by atoms with Gasteiger partial charge < -0.3 is 14.6 Å². The largest absolute Gasteiger partial charge is 0.459 e. The summed E-state index contributed by atoms with van der Waals surface area (Å²) in [4.78, 5) is 31.4. The first-order valence-electron chi connectivity index (χ1n) is 6.73. The minimum Gasteiger partial charge on any atom is -0.459 e. The zero-order valence-corrected chi connectivity index (χ0v) is 12.4. The Balaban J connectivity index is 1.71. The van der Waals surface area contributed by atoms with Crippen LogP contribution in [0.15, 0.2) is 29.0 Å². The maximum atomic E-state index is 12.3. The maximum Gasteiger partial charge on any atom is 0.290 e. The summed E-state index contributed by atoms with van der Waals surface area (Å²) in [6.07, 6.45) is 4.63. The van der Waals surface area contributed by atoms with E-state index in [9.17, 15) is 9.59 Å². The van der Waals surface area contributed by atoms with Crippen molar-refractivity contribution in [3.63, 3.8) is 0 Å². The van der Waals surface area contributed by atoms with Crippen LogP contribution in [0, 0.1) is 6.92 Å². The molecule has 0 aliphatic carbocycles. The van der Waals surface area contributed by atoms with E-state index in [0.717, 1.165) is 11.3 Å².